The molecule has 0 aliphatic heterocycles. The molecule has 2 heteroatoms. The van der Waals surface area contributed by atoms with Crippen LogP contribution in [0.15, 0.2) is 84.9 Å². The van der Waals surface area contributed by atoms with E-state index in [0.29, 0.717) is 0 Å². The molecule has 3 rings (SSSR count). The number of hydrogen-bond donors (Lipinski definition) is 0. The van der Waals surface area contributed by atoms with Gasteiger partial charge >= 0.3 is 0 Å². The smallest absolute Gasteiger partial charge is 0.00218 e. The third kappa shape index (κ3) is 4.61. The van der Waals surface area contributed by atoms with Gasteiger partial charge in [-0.3, -0.25) is 0 Å². The quantitative estimate of drug-likeness (QED) is 0.540. The van der Waals surface area contributed by atoms with Crippen LogP contribution in [0, 0.1) is 0 Å². The monoisotopic (exact) mass is 361 g/mol. The fourth-order valence-electron chi connectivity index (χ4n) is 3.34. The Morgan fingerprint density at radius 3 is 1.69 bits per heavy atom. The van der Waals surface area contributed by atoms with E-state index in [1.165, 1.54) is 21.5 Å². The summed E-state index contributed by atoms with van der Waals surface area (Å²) in [4.78, 5) is 2.50. The van der Waals surface area contributed by atoms with Crippen LogP contribution in [0.2, 0.25) is 0 Å². The molecule has 0 saturated carbocycles. The number of rotatable bonds is 8. The van der Waals surface area contributed by atoms with Crippen LogP contribution in [-0.4, -0.2) is 24.5 Å². The molecule has 0 aromatic heterocycles. The van der Waals surface area contributed by atoms with Crippen LogP contribution in [0.5, 0.6) is 0 Å². The van der Waals surface area contributed by atoms with Gasteiger partial charge in [0.25, 0.3) is 0 Å². The molecule has 26 heavy (non-hydrogen) atoms. The first kappa shape index (κ1) is 18.8. The first-order valence-electron chi connectivity index (χ1n) is 9.54. The SMILES string of the molecule is CCN(CC)CCc1ccccc1P(c1ccccc1)c1ccccc1. The minimum absolute atomic E-state index is 0.525. The molecule has 0 aliphatic carbocycles. The van der Waals surface area contributed by atoms with E-state index in [-0.39, 0.29) is 0 Å². The van der Waals surface area contributed by atoms with E-state index < -0.39 is 7.92 Å². The van der Waals surface area contributed by atoms with Crippen molar-refractivity contribution < 1.29 is 0 Å². The molecule has 0 bridgehead atoms. The summed E-state index contributed by atoms with van der Waals surface area (Å²) in [5, 5.41) is 4.33. The number of benzene rings is 3. The zero-order valence-electron chi connectivity index (χ0n) is 15.8. The summed E-state index contributed by atoms with van der Waals surface area (Å²) in [5.41, 5.74) is 1.48. The van der Waals surface area contributed by atoms with E-state index >= 15 is 0 Å². The number of likely N-dealkylation sites (N-methyl/N-ethyl adjacent to an activating group) is 1. The van der Waals surface area contributed by atoms with Crippen LogP contribution < -0.4 is 15.9 Å². The summed E-state index contributed by atoms with van der Waals surface area (Å²) < 4.78 is 0. The summed E-state index contributed by atoms with van der Waals surface area (Å²) in [6.07, 6.45) is 1.11. The van der Waals surface area contributed by atoms with Gasteiger partial charge in [-0.2, -0.15) is 0 Å². The van der Waals surface area contributed by atoms with Crippen molar-refractivity contribution in [3.05, 3.63) is 90.5 Å². The standard InChI is InChI=1S/C24H28NP/c1-3-25(4-2)20-19-21-13-11-12-18-24(21)26(22-14-7-5-8-15-22)23-16-9-6-10-17-23/h5-18H,3-4,19-20H2,1-2H3. The van der Waals surface area contributed by atoms with Gasteiger partial charge in [0.1, 0.15) is 0 Å². The molecule has 0 heterocycles. The van der Waals surface area contributed by atoms with Crippen molar-refractivity contribution >= 4 is 23.8 Å². The van der Waals surface area contributed by atoms with Crippen molar-refractivity contribution in [1.82, 2.24) is 4.90 Å². The van der Waals surface area contributed by atoms with Crippen LogP contribution in [-0.2, 0) is 6.42 Å². The number of hydrogen-bond acceptors (Lipinski definition) is 1. The van der Waals surface area contributed by atoms with Crippen LogP contribution in [0.1, 0.15) is 19.4 Å². The molecule has 0 atom stereocenters. The zero-order valence-corrected chi connectivity index (χ0v) is 16.7. The lowest BCUT2D eigenvalue weighted by atomic mass is 10.1. The second kappa shape index (κ2) is 9.67. The predicted molar refractivity (Wildman–Crippen MR) is 117 cm³/mol. The van der Waals surface area contributed by atoms with Crippen molar-refractivity contribution in [1.29, 1.82) is 0 Å². The Hall–Kier alpha value is -1.95. The van der Waals surface area contributed by atoms with Crippen molar-refractivity contribution in [2.24, 2.45) is 0 Å². The first-order valence-corrected chi connectivity index (χ1v) is 10.9. The molecule has 0 saturated heterocycles. The van der Waals surface area contributed by atoms with Gasteiger partial charge in [-0.05, 0) is 48.9 Å². The highest BCUT2D eigenvalue weighted by Crippen LogP contribution is 2.34. The lowest BCUT2D eigenvalue weighted by molar-refractivity contribution is 0.308. The topological polar surface area (TPSA) is 3.24 Å². The molecule has 3 aromatic rings. The Kier molecular flexibility index (Phi) is 7.00. The highest BCUT2D eigenvalue weighted by Gasteiger charge is 2.19. The molecule has 0 spiro atoms. The first-order chi connectivity index (χ1) is 12.8. The third-order valence-electron chi connectivity index (χ3n) is 4.85. The Bertz CT molecular complexity index is 742. The molecule has 134 valence electrons. The van der Waals surface area contributed by atoms with E-state index in [4.69, 9.17) is 0 Å². The fraction of sp³-hybridized carbons (Fsp3) is 0.250. The predicted octanol–water partition coefficient (Wildman–Crippen LogP) is 4.33. The summed E-state index contributed by atoms with van der Waals surface area (Å²) in [7, 11) is -0.525. The van der Waals surface area contributed by atoms with Gasteiger partial charge in [0.2, 0.25) is 0 Å². The molecular formula is C24H28NP. The lowest BCUT2D eigenvalue weighted by Gasteiger charge is -2.24. The molecule has 0 fully saturated rings. The Morgan fingerprint density at radius 2 is 1.15 bits per heavy atom. The average molecular weight is 361 g/mol. The fourth-order valence-corrected chi connectivity index (χ4v) is 5.84. The Balaban J connectivity index is 2.00. The molecule has 0 unspecified atom stereocenters. The molecule has 3 aromatic carbocycles. The maximum Gasteiger partial charge on any atom is 0.00218 e. The largest absolute Gasteiger partial charge is 0.304 e. The van der Waals surface area contributed by atoms with Crippen LogP contribution >= 0.6 is 7.92 Å². The molecule has 0 amide bonds. The third-order valence-corrected chi connectivity index (χ3v) is 7.40. The Labute approximate surface area is 159 Å². The molecule has 0 N–H and O–H groups in total. The van der Waals surface area contributed by atoms with Crippen molar-refractivity contribution in [3.8, 4) is 0 Å². The van der Waals surface area contributed by atoms with E-state index in [1.54, 1.807) is 0 Å². The Morgan fingerprint density at radius 1 is 0.654 bits per heavy atom. The van der Waals surface area contributed by atoms with Gasteiger partial charge in [0.05, 0.1) is 0 Å². The maximum atomic E-state index is 2.50. The molecule has 0 radical (unpaired) electrons. The van der Waals surface area contributed by atoms with Crippen LogP contribution in [0.3, 0.4) is 0 Å². The minimum atomic E-state index is -0.525. The van der Waals surface area contributed by atoms with Gasteiger partial charge in [-0.1, -0.05) is 98.8 Å². The highest BCUT2D eigenvalue weighted by molar-refractivity contribution is 7.79. The maximum absolute atomic E-state index is 2.50. The van der Waals surface area contributed by atoms with Crippen LogP contribution in [0.4, 0.5) is 0 Å². The zero-order chi connectivity index (χ0) is 18.2. The second-order valence-electron chi connectivity index (χ2n) is 6.41. The average Bonchev–Trinajstić information content (AvgIpc) is 2.72. The molecular weight excluding hydrogens is 333 g/mol. The van der Waals surface area contributed by atoms with Gasteiger partial charge in [-0.25, -0.2) is 0 Å². The number of nitrogens with zero attached hydrogens (tertiary/aromatic N) is 1. The van der Waals surface area contributed by atoms with E-state index in [9.17, 15) is 0 Å². The van der Waals surface area contributed by atoms with Gasteiger partial charge < -0.3 is 4.90 Å². The van der Waals surface area contributed by atoms with Crippen molar-refractivity contribution in [3.63, 3.8) is 0 Å². The van der Waals surface area contributed by atoms with Crippen LogP contribution in [0.25, 0.3) is 0 Å². The van der Waals surface area contributed by atoms with E-state index in [0.717, 1.165) is 26.1 Å². The summed E-state index contributed by atoms with van der Waals surface area (Å²) in [6, 6.07) is 31.0. The summed E-state index contributed by atoms with van der Waals surface area (Å²) in [5.74, 6) is 0. The van der Waals surface area contributed by atoms with E-state index in [1.807, 2.05) is 0 Å². The van der Waals surface area contributed by atoms with Gasteiger partial charge in [-0.15, -0.1) is 0 Å². The molecule has 0 aliphatic rings. The molecule has 1 nitrogen and oxygen atoms in total. The summed E-state index contributed by atoms with van der Waals surface area (Å²) >= 11 is 0. The minimum Gasteiger partial charge on any atom is -0.304 e. The van der Waals surface area contributed by atoms with Crippen molar-refractivity contribution in [2.75, 3.05) is 19.6 Å². The van der Waals surface area contributed by atoms with Gasteiger partial charge in [0, 0.05) is 6.54 Å². The van der Waals surface area contributed by atoms with Gasteiger partial charge in [0.15, 0.2) is 0 Å². The lowest BCUT2D eigenvalue weighted by Crippen LogP contribution is -2.28. The van der Waals surface area contributed by atoms with Crippen molar-refractivity contribution in [2.45, 2.75) is 20.3 Å². The van der Waals surface area contributed by atoms with E-state index in [2.05, 4.69) is 104 Å². The normalized spacial score (nSPS) is 11.2. The summed E-state index contributed by atoms with van der Waals surface area (Å²) in [6.45, 7) is 7.85. The second-order valence-corrected chi connectivity index (χ2v) is 8.60. The highest BCUT2D eigenvalue weighted by atomic mass is 31.1.